The maximum atomic E-state index is 12.3. The maximum Gasteiger partial charge on any atom is 0.347 e. The molecule has 0 rings (SSSR count). The fraction of sp³-hybridized carbons (Fsp3) is 1.00. The summed E-state index contributed by atoms with van der Waals surface area (Å²) in [6.45, 7) is 12.3. The first-order chi connectivity index (χ1) is 6.75. The molecule has 0 aromatic heterocycles. The predicted octanol–water partition coefficient (Wildman–Crippen LogP) is 2.99. The molecule has 0 aromatic rings. The van der Waals surface area contributed by atoms with Gasteiger partial charge in [0.05, 0.1) is 13.2 Å². The normalized spacial score (nSPS) is 15.3. The van der Waals surface area contributed by atoms with Crippen LogP contribution in [0, 0.1) is 0 Å². The van der Waals surface area contributed by atoms with Crippen molar-refractivity contribution in [1.29, 1.82) is 0 Å². The van der Waals surface area contributed by atoms with Crippen LogP contribution in [0.15, 0.2) is 0 Å². The van der Waals surface area contributed by atoms with Crippen molar-refractivity contribution in [2.75, 3.05) is 13.2 Å². The molecule has 0 aromatic carbocycles. The lowest BCUT2D eigenvalue weighted by molar-refractivity contribution is 0.203. The summed E-state index contributed by atoms with van der Waals surface area (Å²) in [5.41, 5.74) is -0.108. The van der Waals surface area contributed by atoms with Crippen molar-refractivity contribution in [3.05, 3.63) is 0 Å². The van der Waals surface area contributed by atoms with Crippen molar-refractivity contribution in [3.8, 4) is 0 Å². The van der Waals surface area contributed by atoms with Crippen LogP contribution in [0.1, 0.15) is 41.5 Å². The second-order valence-electron chi connectivity index (χ2n) is 4.45. The van der Waals surface area contributed by atoms with Crippen molar-refractivity contribution in [3.63, 3.8) is 0 Å². The van der Waals surface area contributed by atoms with E-state index in [0.717, 1.165) is 0 Å². The highest BCUT2D eigenvalue weighted by atomic mass is 31.2. The van der Waals surface area contributed by atoms with E-state index in [9.17, 15) is 4.57 Å². The van der Waals surface area contributed by atoms with Crippen LogP contribution in [-0.2, 0) is 13.6 Å². The van der Waals surface area contributed by atoms with Gasteiger partial charge in [0.25, 0.3) is 0 Å². The molecule has 0 radical (unpaired) electrons. The van der Waals surface area contributed by atoms with Crippen LogP contribution in [0.3, 0.4) is 0 Å². The van der Waals surface area contributed by atoms with Gasteiger partial charge in [0, 0.05) is 5.54 Å². The van der Waals surface area contributed by atoms with E-state index in [4.69, 9.17) is 9.05 Å². The number of hydrogen-bond acceptors (Lipinski definition) is 4. The Kier molecular flexibility index (Phi) is 6.04. The minimum atomic E-state index is -3.02. The van der Waals surface area contributed by atoms with E-state index in [1.807, 2.05) is 41.5 Å². The smallest absolute Gasteiger partial charge is 0.308 e. The van der Waals surface area contributed by atoms with Crippen molar-refractivity contribution >= 4 is 7.60 Å². The quantitative estimate of drug-likeness (QED) is 0.721. The molecule has 0 fully saturated rings. The molecule has 92 valence electrons. The summed E-state index contributed by atoms with van der Waals surface area (Å²) in [5.74, 6) is -0.294. The largest absolute Gasteiger partial charge is 0.347 e. The van der Waals surface area contributed by atoms with Crippen LogP contribution >= 0.6 is 7.60 Å². The Morgan fingerprint density at radius 1 is 1.20 bits per heavy atom. The van der Waals surface area contributed by atoms with Gasteiger partial charge < -0.3 is 9.05 Å². The first-order valence-corrected chi connectivity index (χ1v) is 7.03. The summed E-state index contributed by atoms with van der Waals surface area (Å²) in [4.78, 5) is 0. The molecule has 0 amide bonds. The molecule has 0 unspecified atom stereocenters. The molecule has 0 aliphatic heterocycles. The zero-order chi connectivity index (χ0) is 12.1. The van der Waals surface area contributed by atoms with Gasteiger partial charge in [-0.25, -0.2) is 0 Å². The number of hydrogen-bond donors (Lipinski definition) is 1. The lowest BCUT2D eigenvalue weighted by Crippen LogP contribution is -2.42. The van der Waals surface area contributed by atoms with Gasteiger partial charge in [-0.1, -0.05) is 0 Å². The van der Waals surface area contributed by atoms with Crippen LogP contribution in [0.4, 0.5) is 0 Å². The summed E-state index contributed by atoms with van der Waals surface area (Å²) in [7, 11) is -3.02. The van der Waals surface area contributed by atoms with Crippen LogP contribution < -0.4 is 5.32 Å². The third-order valence-electron chi connectivity index (χ3n) is 1.73. The third-order valence-corrected chi connectivity index (χ3v) is 4.05. The van der Waals surface area contributed by atoms with Gasteiger partial charge >= 0.3 is 7.60 Å². The van der Waals surface area contributed by atoms with E-state index in [2.05, 4.69) is 5.32 Å². The van der Waals surface area contributed by atoms with Gasteiger partial charge in [-0.2, -0.15) is 0 Å². The Hall–Kier alpha value is 0.110. The summed E-state index contributed by atoms with van der Waals surface area (Å²) in [6, 6.07) is 0. The molecular weight excluding hydrogens is 213 g/mol. The molecular formula is C10H24NO3P. The van der Waals surface area contributed by atoms with Gasteiger partial charge in [0.1, 0.15) is 5.78 Å². The molecule has 0 spiro atoms. The first kappa shape index (κ1) is 15.1. The Labute approximate surface area is 93.3 Å². The zero-order valence-electron chi connectivity index (χ0n) is 10.7. The predicted molar refractivity (Wildman–Crippen MR) is 63.2 cm³/mol. The van der Waals surface area contributed by atoms with Gasteiger partial charge in [0.2, 0.25) is 0 Å². The molecule has 0 saturated carbocycles. The molecule has 0 aliphatic carbocycles. The minimum absolute atomic E-state index is 0.108. The van der Waals surface area contributed by atoms with Crippen molar-refractivity contribution < 1.29 is 13.6 Å². The van der Waals surface area contributed by atoms with E-state index in [-0.39, 0.29) is 11.3 Å². The van der Waals surface area contributed by atoms with Crippen molar-refractivity contribution in [2.45, 2.75) is 52.9 Å². The second-order valence-corrected chi connectivity index (χ2v) is 6.82. The highest BCUT2D eigenvalue weighted by molar-refractivity contribution is 7.54. The lowest BCUT2D eigenvalue weighted by atomic mass is 10.1. The number of rotatable bonds is 6. The van der Waals surface area contributed by atoms with Crippen LogP contribution in [0.25, 0.3) is 0 Å². The van der Waals surface area contributed by atoms with E-state index >= 15 is 0 Å². The monoisotopic (exact) mass is 237 g/mol. The van der Waals surface area contributed by atoms with E-state index in [0.29, 0.717) is 13.2 Å². The van der Waals surface area contributed by atoms with Gasteiger partial charge in [0.15, 0.2) is 0 Å². The molecule has 0 saturated heterocycles. The molecule has 0 bridgehead atoms. The summed E-state index contributed by atoms with van der Waals surface area (Å²) in [6.07, 6.45) is 0. The zero-order valence-corrected chi connectivity index (χ0v) is 11.6. The topological polar surface area (TPSA) is 47.6 Å². The third kappa shape index (κ3) is 5.67. The van der Waals surface area contributed by atoms with E-state index in [1.165, 1.54) is 0 Å². The molecule has 1 N–H and O–H groups in total. The van der Waals surface area contributed by atoms with Crippen LogP contribution in [-0.4, -0.2) is 24.5 Å². The van der Waals surface area contributed by atoms with Crippen LogP contribution in [0.2, 0.25) is 0 Å². The highest BCUT2D eigenvalue weighted by Gasteiger charge is 2.33. The Bertz CT molecular complexity index is 215. The van der Waals surface area contributed by atoms with Crippen molar-refractivity contribution in [1.82, 2.24) is 5.32 Å². The highest BCUT2D eigenvalue weighted by Crippen LogP contribution is 2.52. The standard InChI is InChI=1S/C10H24NO3P/c1-7-13-15(12,14-8-2)9(3)11-10(4,5)6/h9,11H,7-8H2,1-6H3/t9-/m1/s1. The average molecular weight is 237 g/mol. The van der Waals surface area contributed by atoms with E-state index < -0.39 is 7.60 Å². The molecule has 0 heterocycles. The fourth-order valence-electron chi connectivity index (χ4n) is 1.33. The average Bonchev–Trinajstić information content (AvgIpc) is 2.01. The first-order valence-electron chi connectivity index (χ1n) is 5.41. The second kappa shape index (κ2) is 6.00. The van der Waals surface area contributed by atoms with Crippen LogP contribution in [0.5, 0.6) is 0 Å². The summed E-state index contributed by atoms with van der Waals surface area (Å²) >= 11 is 0. The van der Waals surface area contributed by atoms with Crippen molar-refractivity contribution in [2.24, 2.45) is 0 Å². The Balaban J connectivity index is 4.55. The molecule has 15 heavy (non-hydrogen) atoms. The SMILES string of the molecule is CCOP(=O)(OCC)[C@H](C)NC(C)(C)C. The Morgan fingerprint density at radius 3 is 1.87 bits per heavy atom. The summed E-state index contributed by atoms with van der Waals surface area (Å²) in [5, 5.41) is 3.22. The minimum Gasteiger partial charge on any atom is -0.308 e. The fourth-order valence-corrected chi connectivity index (χ4v) is 3.11. The van der Waals surface area contributed by atoms with Gasteiger partial charge in [-0.3, -0.25) is 9.88 Å². The Morgan fingerprint density at radius 2 is 1.60 bits per heavy atom. The number of nitrogens with one attached hydrogen (secondary N) is 1. The van der Waals surface area contributed by atoms with Gasteiger partial charge in [-0.05, 0) is 41.5 Å². The van der Waals surface area contributed by atoms with Gasteiger partial charge in [-0.15, -0.1) is 0 Å². The molecule has 5 heteroatoms. The molecule has 1 atom stereocenters. The molecule has 4 nitrogen and oxygen atoms in total. The lowest BCUT2D eigenvalue weighted by Gasteiger charge is -2.30. The van der Waals surface area contributed by atoms with E-state index in [1.54, 1.807) is 0 Å². The maximum absolute atomic E-state index is 12.3. The summed E-state index contributed by atoms with van der Waals surface area (Å²) < 4.78 is 22.8. The molecule has 0 aliphatic rings.